The summed E-state index contributed by atoms with van der Waals surface area (Å²) in [5, 5.41) is 2.28. The van der Waals surface area contributed by atoms with Crippen molar-refractivity contribution in [3.8, 4) is 5.75 Å². The molecule has 35 heavy (non-hydrogen) atoms. The van der Waals surface area contributed by atoms with Crippen molar-refractivity contribution < 1.29 is 23.9 Å². The van der Waals surface area contributed by atoms with E-state index in [4.69, 9.17) is 9.47 Å². The number of rotatable bonds is 8. The molecule has 2 heterocycles. The van der Waals surface area contributed by atoms with Crippen LogP contribution >= 0.6 is 27.7 Å². The smallest absolute Gasteiger partial charge is 0.294 e. The summed E-state index contributed by atoms with van der Waals surface area (Å²) in [6, 6.07) is 13.0. The van der Waals surface area contributed by atoms with Gasteiger partial charge in [0, 0.05) is 34.5 Å². The van der Waals surface area contributed by atoms with Crippen LogP contribution in [0.3, 0.4) is 0 Å². The van der Waals surface area contributed by atoms with E-state index in [9.17, 15) is 14.4 Å². The number of halogens is 1. The van der Waals surface area contributed by atoms with Gasteiger partial charge in [0.1, 0.15) is 12.3 Å². The molecular formula is C25H26BrN3O5S. The fraction of sp³-hybridized carbons (Fsp3) is 0.320. The van der Waals surface area contributed by atoms with Crippen LogP contribution in [-0.4, -0.2) is 61.4 Å². The van der Waals surface area contributed by atoms with E-state index >= 15 is 0 Å². The minimum absolute atomic E-state index is 0.247. The Morgan fingerprint density at radius 1 is 1.17 bits per heavy atom. The zero-order valence-electron chi connectivity index (χ0n) is 19.3. The van der Waals surface area contributed by atoms with E-state index in [0.29, 0.717) is 36.8 Å². The molecule has 1 N–H and O–H groups in total. The number of thioether (sulfide) groups is 1. The number of morpholine rings is 1. The minimum atomic E-state index is -0.501. The quantitative estimate of drug-likeness (QED) is 0.467. The lowest BCUT2D eigenvalue weighted by atomic mass is 10.2. The number of nitrogens with zero attached hydrogens (tertiary/aromatic N) is 2. The van der Waals surface area contributed by atoms with Crippen LogP contribution in [0, 0.1) is 0 Å². The third-order valence-corrected chi connectivity index (χ3v) is 6.82. The summed E-state index contributed by atoms with van der Waals surface area (Å²) in [7, 11) is 0. The van der Waals surface area contributed by atoms with E-state index in [0.717, 1.165) is 46.3 Å². The Bertz CT molecular complexity index is 1130. The van der Waals surface area contributed by atoms with Crippen molar-refractivity contribution in [3.05, 3.63) is 57.4 Å². The molecular weight excluding hydrogens is 534 g/mol. The van der Waals surface area contributed by atoms with Gasteiger partial charge in [-0.3, -0.25) is 19.3 Å². The molecule has 0 bridgehead atoms. The maximum Gasteiger partial charge on any atom is 0.294 e. The monoisotopic (exact) mass is 559 g/mol. The lowest BCUT2D eigenvalue weighted by molar-refractivity contribution is -0.127. The Hall–Kier alpha value is -2.82. The molecule has 184 valence electrons. The molecule has 4 rings (SSSR count). The highest BCUT2D eigenvalue weighted by Crippen LogP contribution is 2.35. The second-order valence-corrected chi connectivity index (χ2v) is 9.90. The molecule has 3 amide bonds. The van der Waals surface area contributed by atoms with Gasteiger partial charge in [0.15, 0.2) is 0 Å². The van der Waals surface area contributed by atoms with Crippen LogP contribution in [0.2, 0.25) is 0 Å². The van der Waals surface area contributed by atoms with E-state index in [1.165, 1.54) is 0 Å². The molecule has 0 spiro atoms. The number of anilines is 2. The first-order valence-corrected chi connectivity index (χ1v) is 13.0. The first-order chi connectivity index (χ1) is 16.9. The van der Waals surface area contributed by atoms with Crippen molar-refractivity contribution in [2.45, 2.75) is 13.3 Å². The van der Waals surface area contributed by atoms with Crippen molar-refractivity contribution in [3.63, 3.8) is 0 Å². The van der Waals surface area contributed by atoms with Crippen molar-refractivity contribution >= 4 is 62.2 Å². The summed E-state index contributed by atoms with van der Waals surface area (Å²) >= 11 is 4.24. The van der Waals surface area contributed by atoms with Gasteiger partial charge in [-0.1, -0.05) is 22.9 Å². The lowest BCUT2D eigenvalue weighted by Gasteiger charge is -2.28. The average Bonchev–Trinajstić information content (AvgIpc) is 3.12. The van der Waals surface area contributed by atoms with Gasteiger partial charge in [-0.25, -0.2) is 0 Å². The predicted molar refractivity (Wildman–Crippen MR) is 141 cm³/mol. The van der Waals surface area contributed by atoms with Crippen LogP contribution in [0.25, 0.3) is 6.08 Å². The molecule has 0 aromatic heterocycles. The van der Waals surface area contributed by atoms with Crippen LogP contribution in [0.5, 0.6) is 5.75 Å². The van der Waals surface area contributed by atoms with Gasteiger partial charge in [-0.15, -0.1) is 0 Å². The van der Waals surface area contributed by atoms with Gasteiger partial charge in [-0.2, -0.15) is 0 Å². The summed E-state index contributed by atoms with van der Waals surface area (Å²) in [6.07, 6.45) is 2.47. The molecule has 2 aromatic rings. The largest absolute Gasteiger partial charge is 0.493 e. The number of hydrogen-bond donors (Lipinski definition) is 1. The third-order valence-electron chi connectivity index (χ3n) is 5.42. The van der Waals surface area contributed by atoms with Gasteiger partial charge in [-0.05, 0) is 66.7 Å². The van der Waals surface area contributed by atoms with E-state index in [2.05, 4.69) is 26.1 Å². The maximum atomic E-state index is 12.9. The van der Waals surface area contributed by atoms with Crippen molar-refractivity contribution in [1.82, 2.24) is 4.90 Å². The molecule has 0 aliphatic carbocycles. The third kappa shape index (κ3) is 6.45. The highest BCUT2D eigenvalue weighted by Gasteiger charge is 2.36. The molecule has 0 atom stereocenters. The molecule has 0 radical (unpaired) electrons. The Balaban J connectivity index is 1.40. The topological polar surface area (TPSA) is 88.2 Å². The van der Waals surface area contributed by atoms with Crippen molar-refractivity contribution in [1.29, 1.82) is 0 Å². The van der Waals surface area contributed by atoms with Crippen molar-refractivity contribution in [2.75, 3.05) is 49.7 Å². The number of ether oxygens (including phenoxy) is 2. The standard InChI is InChI=1S/C25H26BrN3O5S/c1-2-11-34-21-8-3-18(26)14-17(21)15-22-24(31)29(25(32)35-22)16-23(30)27-19-4-6-20(7-5-19)28-9-12-33-13-10-28/h3-8,14-15H,2,9-13,16H2,1H3,(H,27,30)/b22-15+. The summed E-state index contributed by atoms with van der Waals surface area (Å²) in [5.41, 5.74) is 2.33. The van der Waals surface area contributed by atoms with E-state index in [-0.39, 0.29) is 11.4 Å². The van der Waals surface area contributed by atoms with E-state index in [1.54, 1.807) is 6.08 Å². The fourth-order valence-electron chi connectivity index (χ4n) is 3.67. The van der Waals surface area contributed by atoms with Crippen LogP contribution in [0.1, 0.15) is 18.9 Å². The number of amides is 3. The summed E-state index contributed by atoms with van der Waals surface area (Å²) in [6.45, 7) is 5.23. The van der Waals surface area contributed by atoms with Gasteiger partial charge in [0.25, 0.3) is 11.1 Å². The highest BCUT2D eigenvalue weighted by atomic mass is 79.9. The van der Waals surface area contributed by atoms with Gasteiger partial charge >= 0.3 is 0 Å². The number of carbonyl (C=O) groups is 3. The van der Waals surface area contributed by atoms with Crippen LogP contribution in [0.4, 0.5) is 16.2 Å². The second kappa shape index (κ2) is 11.7. The van der Waals surface area contributed by atoms with E-state index < -0.39 is 17.1 Å². The number of carbonyl (C=O) groups excluding carboxylic acids is 3. The first kappa shape index (κ1) is 25.3. The lowest BCUT2D eigenvalue weighted by Crippen LogP contribution is -2.36. The first-order valence-electron chi connectivity index (χ1n) is 11.3. The Labute approximate surface area is 216 Å². The molecule has 0 saturated carbocycles. The Morgan fingerprint density at radius 3 is 2.63 bits per heavy atom. The van der Waals surface area contributed by atoms with Crippen molar-refractivity contribution in [2.24, 2.45) is 0 Å². The van der Waals surface area contributed by atoms with Crippen LogP contribution < -0.4 is 15.0 Å². The molecule has 2 saturated heterocycles. The second-order valence-electron chi connectivity index (χ2n) is 7.99. The molecule has 2 aliphatic rings. The normalized spacial score (nSPS) is 17.3. The minimum Gasteiger partial charge on any atom is -0.493 e. The zero-order valence-corrected chi connectivity index (χ0v) is 21.7. The SMILES string of the molecule is CCCOc1ccc(Br)cc1/C=C1/SC(=O)N(CC(=O)Nc2ccc(N3CCOCC3)cc2)C1=O. The molecule has 2 fully saturated rings. The highest BCUT2D eigenvalue weighted by molar-refractivity contribution is 9.10. The number of imide groups is 1. The fourth-order valence-corrected chi connectivity index (χ4v) is 4.88. The van der Waals surface area contributed by atoms with Gasteiger partial charge < -0.3 is 19.7 Å². The molecule has 10 heteroatoms. The zero-order chi connectivity index (χ0) is 24.8. The van der Waals surface area contributed by atoms with Crippen LogP contribution in [-0.2, 0) is 14.3 Å². The summed E-state index contributed by atoms with van der Waals surface area (Å²) < 4.78 is 12.0. The number of benzene rings is 2. The maximum absolute atomic E-state index is 12.9. The summed E-state index contributed by atoms with van der Waals surface area (Å²) in [4.78, 5) is 41.4. The molecule has 0 unspecified atom stereocenters. The Morgan fingerprint density at radius 2 is 1.91 bits per heavy atom. The van der Waals surface area contributed by atoms with Crippen LogP contribution in [0.15, 0.2) is 51.8 Å². The molecule has 2 aromatic carbocycles. The molecule has 8 nitrogen and oxygen atoms in total. The average molecular weight is 560 g/mol. The number of hydrogen-bond acceptors (Lipinski definition) is 7. The van der Waals surface area contributed by atoms with E-state index in [1.807, 2.05) is 49.4 Å². The van der Waals surface area contributed by atoms with Gasteiger partial charge in [0.2, 0.25) is 5.91 Å². The number of nitrogens with one attached hydrogen (secondary N) is 1. The summed E-state index contributed by atoms with van der Waals surface area (Å²) in [5.74, 6) is -0.318. The predicted octanol–water partition coefficient (Wildman–Crippen LogP) is 4.75. The Kier molecular flexibility index (Phi) is 8.48. The van der Waals surface area contributed by atoms with Gasteiger partial charge in [0.05, 0.1) is 24.7 Å². The molecule has 2 aliphatic heterocycles.